The summed E-state index contributed by atoms with van der Waals surface area (Å²) in [6.45, 7) is 3.19. The molecule has 8 nitrogen and oxygen atoms in total. The number of carbonyl (C=O) groups excluding carboxylic acids is 1. The average Bonchev–Trinajstić information content (AvgIpc) is 2.92. The van der Waals surface area contributed by atoms with Gasteiger partial charge in [0.2, 0.25) is 0 Å². The highest BCUT2D eigenvalue weighted by Crippen LogP contribution is 2.33. The van der Waals surface area contributed by atoms with Crippen LogP contribution in [0.3, 0.4) is 0 Å². The van der Waals surface area contributed by atoms with Crippen LogP contribution in [0.5, 0.6) is 5.75 Å². The van der Waals surface area contributed by atoms with Crippen LogP contribution in [0.25, 0.3) is 0 Å². The molecule has 0 spiro atoms. The van der Waals surface area contributed by atoms with E-state index in [0.29, 0.717) is 34.7 Å². The Morgan fingerprint density at radius 1 is 0.952 bits per heavy atom. The SMILES string of the molecule is Cc1c(F)ccc(OCCOP(O)O)c1CN(C)c1cc(C(=O)NCc2c(F)cc(F)cc2F)ccc1C(C)N(C)C. The van der Waals surface area contributed by atoms with E-state index in [-0.39, 0.29) is 31.4 Å². The van der Waals surface area contributed by atoms with E-state index in [0.717, 1.165) is 5.56 Å². The van der Waals surface area contributed by atoms with Crippen LogP contribution in [0.1, 0.15) is 45.6 Å². The third-order valence-corrected chi connectivity index (χ3v) is 7.31. The third kappa shape index (κ3) is 8.39. The highest BCUT2D eigenvalue weighted by molar-refractivity contribution is 7.39. The maximum Gasteiger partial charge on any atom is 0.327 e. The molecule has 0 aliphatic heterocycles. The minimum absolute atomic E-state index is 0.00441. The first-order valence-corrected chi connectivity index (χ1v) is 14.1. The lowest BCUT2D eigenvalue weighted by Crippen LogP contribution is -2.27. The number of nitrogens with one attached hydrogen (secondary N) is 1. The molecule has 3 rings (SSSR count). The Kier molecular flexibility index (Phi) is 11.7. The molecule has 3 N–H and O–H groups in total. The molecule has 1 amide bonds. The van der Waals surface area contributed by atoms with Crippen molar-refractivity contribution in [2.75, 3.05) is 39.3 Å². The zero-order valence-electron chi connectivity index (χ0n) is 23.9. The maximum atomic E-state index is 14.6. The normalized spacial score (nSPS) is 12.1. The lowest BCUT2D eigenvalue weighted by atomic mass is 10.00. The standard InChI is InChI=1S/C29H34F4N3O5P/c1-17-23(28(9-8-24(17)31)40-10-11-41-42(38)39)16-36(5)27-12-19(6-7-21(27)18(2)35(3)4)29(37)34-15-22-25(32)13-20(30)14-26(22)33/h6-9,12-14,18,38-39H,10-11,15-16H2,1-5H3,(H,34,37). The molecule has 3 aromatic carbocycles. The Labute approximate surface area is 243 Å². The van der Waals surface area contributed by atoms with Gasteiger partial charge in [0.15, 0.2) is 0 Å². The van der Waals surface area contributed by atoms with E-state index in [4.69, 9.17) is 19.0 Å². The molecule has 0 heterocycles. The van der Waals surface area contributed by atoms with Crippen molar-refractivity contribution in [2.45, 2.75) is 33.0 Å². The molecule has 228 valence electrons. The number of amides is 1. The van der Waals surface area contributed by atoms with Crippen LogP contribution >= 0.6 is 8.60 Å². The van der Waals surface area contributed by atoms with Gasteiger partial charge in [-0.1, -0.05) is 6.07 Å². The highest BCUT2D eigenvalue weighted by atomic mass is 31.2. The largest absolute Gasteiger partial charge is 0.491 e. The summed E-state index contributed by atoms with van der Waals surface area (Å²) < 4.78 is 66.5. The maximum absolute atomic E-state index is 14.6. The van der Waals surface area contributed by atoms with Gasteiger partial charge in [-0.3, -0.25) is 4.79 Å². The second-order valence-corrected chi connectivity index (χ2v) is 10.6. The van der Waals surface area contributed by atoms with Crippen LogP contribution in [0, 0.1) is 30.2 Å². The number of benzene rings is 3. The summed E-state index contributed by atoms with van der Waals surface area (Å²) in [4.78, 5) is 34.7. The van der Waals surface area contributed by atoms with Gasteiger partial charge >= 0.3 is 8.60 Å². The summed E-state index contributed by atoms with van der Waals surface area (Å²) in [6.07, 6.45) is 0. The van der Waals surface area contributed by atoms with Gasteiger partial charge < -0.3 is 34.2 Å². The van der Waals surface area contributed by atoms with Crippen molar-refractivity contribution in [2.24, 2.45) is 0 Å². The van der Waals surface area contributed by atoms with E-state index < -0.39 is 49.9 Å². The topological polar surface area (TPSA) is 94.5 Å². The van der Waals surface area contributed by atoms with Gasteiger partial charge in [-0.25, -0.2) is 17.6 Å². The molecule has 1 atom stereocenters. The van der Waals surface area contributed by atoms with Gasteiger partial charge in [-0.15, -0.1) is 0 Å². The van der Waals surface area contributed by atoms with Gasteiger partial charge in [-0.05, 0) is 63.3 Å². The summed E-state index contributed by atoms with van der Waals surface area (Å²) in [5, 5.41) is 2.48. The lowest BCUT2D eigenvalue weighted by molar-refractivity contribution is 0.0950. The minimum Gasteiger partial charge on any atom is -0.491 e. The van der Waals surface area contributed by atoms with Gasteiger partial charge in [0.05, 0.1) is 6.61 Å². The molecule has 0 saturated carbocycles. The number of anilines is 1. The van der Waals surface area contributed by atoms with E-state index in [1.807, 2.05) is 30.8 Å². The number of hydrogen-bond donors (Lipinski definition) is 3. The van der Waals surface area contributed by atoms with E-state index in [2.05, 4.69) is 5.32 Å². The van der Waals surface area contributed by atoms with E-state index in [1.165, 1.54) is 12.1 Å². The Bertz CT molecular complexity index is 1390. The van der Waals surface area contributed by atoms with Gasteiger partial charge in [0.25, 0.3) is 5.91 Å². The predicted octanol–water partition coefficient (Wildman–Crippen LogP) is 5.35. The molecule has 13 heteroatoms. The number of halogens is 4. The van der Waals surface area contributed by atoms with Crippen molar-refractivity contribution in [3.63, 3.8) is 0 Å². The van der Waals surface area contributed by atoms with Crippen LogP contribution < -0.4 is 15.0 Å². The van der Waals surface area contributed by atoms with Crippen molar-refractivity contribution in [1.82, 2.24) is 10.2 Å². The van der Waals surface area contributed by atoms with Crippen LogP contribution in [-0.4, -0.2) is 55.0 Å². The molecule has 0 fully saturated rings. The van der Waals surface area contributed by atoms with Crippen molar-refractivity contribution in [3.05, 3.63) is 93.6 Å². The van der Waals surface area contributed by atoms with Crippen molar-refractivity contribution < 1.29 is 41.4 Å². The fourth-order valence-electron chi connectivity index (χ4n) is 4.29. The second-order valence-electron chi connectivity index (χ2n) is 9.88. The quantitative estimate of drug-likeness (QED) is 0.136. The van der Waals surface area contributed by atoms with E-state index >= 15 is 0 Å². The number of carbonyl (C=O) groups is 1. The summed E-state index contributed by atoms with van der Waals surface area (Å²) in [7, 11) is 3.04. The summed E-state index contributed by atoms with van der Waals surface area (Å²) >= 11 is 0. The van der Waals surface area contributed by atoms with Crippen LogP contribution in [0.15, 0.2) is 42.5 Å². The molecule has 42 heavy (non-hydrogen) atoms. The van der Waals surface area contributed by atoms with Crippen LogP contribution in [-0.2, 0) is 17.6 Å². The number of rotatable bonds is 13. The van der Waals surface area contributed by atoms with Crippen molar-refractivity contribution in [3.8, 4) is 5.75 Å². The van der Waals surface area contributed by atoms with E-state index in [9.17, 15) is 22.4 Å². The smallest absolute Gasteiger partial charge is 0.327 e. The molecule has 0 radical (unpaired) electrons. The van der Waals surface area contributed by atoms with Crippen LogP contribution in [0.2, 0.25) is 0 Å². The monoisotopic (exact) mass is 611 g/mol. The van der Waals surface area contributed by atoms with Gasteiger partial charge in [-0.2, -0.15) is 0 Å². The Morgan fingerprint density at radius 2 is 1.62 bits per heavy atom. The minimum atomic E-state index is -2.53. The summed E-state index contributed by atoms with van der Waals surface area (Å²) in [5.74, 6) is -3.93. The fraction of sp³-hybridized carbons (Fsp3) is 0.345. The Hall–Kier alpha value is -3.28. The average molecular weight is 612 g/mol. The first kappa shape index (κ1) is 33.2. The number of nitrogens with zero attached hydrogens (tertiary/aromatic N) is 2. The van der Waals surface area contributed by atoms with Gasteiger partial charge in [0.1, 0.15) is 35.6 Å². The summed E-state index contributed by atoms with van der Waals surface area (Å²) in [5.41, 5.74) is 2.14. The Balaban J connectivity index is 1.91. The van der Waals surface area contributed by atoms with Crippen LogP contribution in [0.4, 0.5) is 23.2 Å². The molecule has 0 aliphatic carbocycles. The second kappa shape index (κ2) is 14.8. The number of hydrogen-bond acceptors (Lipinski definition) is 7. The summed E-state index contributed by atoms with van der Waals surface area (Å²) in [6, 6.07) is 8.77. The molecular formula is C29H34F4N3O5P. The number of ether oxygens (including phenoxy) is 1. The lowest BCUT2D eigenvalue weighted by Gasteiger charge is -2.29. The molecule has 1 unspecified atom stereocenters. The Morgan fingerprint density at radius 3 is 2.24 bits per heavy atom. The fourth-order valence-corrected chi connectivity index (χ4v) is 4.52. The molecule has 0 saturated heterocycles. The highest BCUT2D eigenvalue weighted by Gasteiger charge is 2.21. The predicted molar refractivity (Wildman–Crippen MR) is 152 cm³/mol. The molecule has 0 bridgehead atoms. The molecule has 3 aromatic rings. The van der Waals surface area contributed by atoms with Crippen molar-refractivity contribution >= 4 is 20.2 Å². The zero-order valence-corrected chi connectivity index (χ0v) is 24.8. The zero-order chi connectivity index (χ0) is 31.1. The third-order valence-electron chi connectivity index (χ3n) is 6.89. The molecule has 0 aromatic heterocycles. The van der Waals surface area contributed by atoms with Gasteiger partial charge in [0, 0.05) is 60.7 Å². The van der Waals surface area contributed by atoms with Crippen molar-refractivity contribution in [1.29, 1.82) is 0 Å². The first-order chi connectivity index (χ1) is 19.8. The molecular weight excluding hydrogens is 577 g/mol. The first-order valence-electron chi connectivity index (χ1n) is 12.9. The molecule has 0 aliphatic rings. The van der Waals surface area contributed by atoms with E-state index in [1.54, 1.807) is 32.2 Å².